The summed E-state index contributed by atoms with van der Waals surface area (Å²) >= 11 is 0. The van der Waals surface area contributed by atoms with Gasteiger partial charge in [-0.2, -0.15) is 0 Å². The van der Waals surface area contributed by atoms with Crippen LogP contribution in [0.4, 0.5) is 5.69 Å². The predicted molar refractivity (Wildman–Crippen MR) is 102 cm³/mol. The Morgan fingerprint density at radius 1 is 0.963 bits per heavy atom. The van der Waals surface area contributed by atoms with Gasteiger partial charge < -0.3 is 4.84 Å². The molecule has 0 N–H and O–H groups in total. The molecule has 0 radical (unpaired) electrons. The van der Waals surface area contributed by atoms with E-state index in [1.165, 1.54) is 4.68 Å². The van der Waals surface area contributed by atoms with Crippen LogP contribution in [0.15, 0.2) is 75.6 Å². The predicted octanol–water partition coefficient (Wildman–Crippen LogP) is 2.52. The van der Waals surface area contributed by atoms with Gasteiger partial charge in [-0.25, -0.2) is 14.5 Å². The fourth-order valence-corrected chi connectivity index (χ4v) is 2.95. The molecule has 134 valence electrons. The van der Waals surface area contributed by atoms with Crippen LogP contribution < -0.4 is 5.56 Å². The number of nitrogens with zero attached hydrogens (tertiary/aromatic N) is 4. The van der Waals surface area contributed by atoms with Gasteiger partial charge in [0.1, 0.15) is 5.71 Å². The van der Waals surface area contributed by atoms with Gasteiger partial charge in [0, 0.05) is 12.6 Å². The van der Waals surface area contributed by atoms with E-state index in [4.69, 9.17) is 4.84 Å². The second kappa shape index (κ2) is 6.53. The van der Waals surface area contributed by atoms with E-state index in [-0.39, 0.29) is 17.0 Å². The molecule has 0 saturated carbocycles. The topological polar surface area (TPSA) is 78.0 Å². The van der Waals surface area contributed by atoms with Crippen molar-refractivity contribution in [1.29, 1.82) is 0 Å². The molecule has 4 rings (SSSR count). The summed E-state index contributed by atoms with van der Waals surface area (Å²) in [4.78, 5) is 34.3. The van der Waals surface area contributed by atoms with Crippen LogP contribution >= 0.6 is 0 Å². The van der Waals surface area contributed by atoms with Gasteiger partial charge in [0.2, 0.25) is 0 Å². The highest BCUT2D eigenvalue weighted by molar-refractivity contribution is 6.70. The van der Waals surface area contributed by atoms with Crippen LogP contribution in [-0.4, -0.2) is 26.8 Å². The molecule has 3 aromatic rings. The molecule has 0 amide bonds. The molecular formula is C20H16N4O3. The first-order chi connectivity index (χ1) is 13.1. The third kappa shape index (κ3) is 2.79. The second-order valence-electron chi connectivity index (χ2n) is 6.06. The van der Waals surface area contributed by atoms with Gasteiger partial charge in [-0.15, -0.1) is 0 Å². The highest BCUT2D eigenvalue weighted by atomic mass is 16.7. The maximum atomic E-state index is 13.0. The molecule has 0 spiro atoms. The van der Waals surface area contributed by atoms with Crippen molar-refractivity contribution in [2.75, 3.05) is 0 Å². The molecule has 1 aromatic heterocycles. The first kappa shape index (κ1) is 16.7. The molecule has 0 aliphatic carbocycles. The van der Waals surface area contributed by atoms with Gasteiger partial charge in [-0.05, 0) is 19.1 Å². The summed E-state index contributed by atoms with van der Waals surface area (Å²) in [6.07, 6.45) is 0. The highest BCUT2D eigenvalue weighted by Gasteiger charge is 2.30. The zero-order valence-electron chi connectivity index (χ0n) is 14.8. The molecule has 7 heteroatoms. The van der Waals surface area contributed by atoms with E-state index in [0.717, 1.165) is 0 Å². The zero-order chi connectivity index (χ0) is 19.0. The maximum absolute atomic E-state index is 13.0. The van der Waals surface area contributed by atoms with E-state index < -0.39 is 5.97 Å². The van der Waals surface area contributed by atoms with E-state index in [2.05, 4.69) is 10.1 Å². The van der Waals surface area contributed by atoms with Gasteiger partial charge >= 0.3 is 5.97 Å². The van der Waals surface area contributed by atoms with Crippen LogP contribution in [-0.2, 0) is 16.7 Å². The maximum Gasteiger partial charge on any atom is 0.386 e. The van der Waals surface area contributed by atoms with Crippen molar-refractivity contribution < 1.29 is 9.63 Å². The summed E-state index contributed by atoms with van der Waals surface area (Å²) < 4.78 is 3.21. The van der Waals surface area contributed by atoms with Gasteiger partial charge in [0.05, 0.1) is 11.4 Å². The molecule has 0 saturated heterocycles. The van der Waals surface area contributed by atoms with E-state index >= 15 is 0 Å². The smallest absolute Gasteiger partial charge is 0.310 e. The molecule has 0 fully saturated rings. The third-order valence-corrected chi connectivity index (χ3v) is 4.43. The number of carbonyl (C=O) groups excluding carboxylic acids is 1. The SMILES string of the molecule is Cc1c(N=C2C(=O)ON=C2c2ccccc2)c(=O)n(-c2ccccc2)n1C. The molecule has 0 bridgehead atoms. The van der Waals surface area contributed by atoms with Crippen molar-refractivity contribution in [2.45, 2.75) is 6.92 Å². The standard InChI is InChI=1S/C20H16N4O3/c1-13-16(19(25)24(23(13)2)15-11-7-4-8-12-15)21-18-17(22-27-20(18)26)14-9-5-3-6-10-14/h3-12H,1-2H3. The van der Waals surface area contributed by atoms with Gasteiger partial charge in [-0.1, -0.05) is 53.7 Å². The number of aliphatic imine (C=N–C) groups is 1. The van der Waals surface area contributed by atoms with E-state index in [0.29, 0.717) is 22.7 Å². The van der Waals surface area contributed by atoms with E-state index in [1.807, 2.05) is 48.5 Å². The Bertz CT molecular complexity index is 1140. The van der Waals surface area contributed by atoms with Crippen LogP contribution in [0.5, 0.6) is 0 Å². The normalized spacial score (nSPS) is 15.1. The third-order valence-electron chi connectivity index (χ3n) is 4.43. The Kier molecular flexibility index (Phi) is 4.04. The lowest BCUT2D eigenvalue weighted by Crippen LogP contribution is -2.21. The van der Waals surface area contributed by atoms with Gasteiger partial charge in [0.15, 0.2) is 11.4 Å². The number of hydrogen-bond donors (Lipinski definition) is 0. The van der Waals surface area contributed by atoms with Crippen LogP contribution in [0.25, 0.3) is 5.69 Å². The van der Waals surface area contributed by atoms with Crippen molar-refractivity contribution in [3.05, 3.63) is 82.3 Å². The molecule has 1 aliphatic heterocycles. The number of oxime groups is 1. The summed E-state index contributed by atoms with van der Waals surface area (Å²) in [7, 11) is 1.77. The Balaban J connectivity index is 1.86. The lowest BCUT2D eigenvalue weighted by atomic mass is 10.1. The summed E-state index contributed by atoms with van der Waals surface area (Å²) in [6.45, 7) is 1.78. The van der Waals surface area contributed by atoms with Crippen molar-refractivity contribution in [2.24, 2.45) is 17.2 Å². The number of benzene rings is 2. The van der Waals surface area contributed by atoms with Crippen molar-refractivity contribution in [1.82, 2.24) is 9.36 Å². The lowest BCUT2D eigenvalue weighted by molar-refractivity contribution is -0.134. The summed E-state index contributed by atoms with van der Waals surface area (Å²) in [5, 5.41) is 3.83. The van der Waals surface area contributed by atoms with Crippen molar-refractivity contribution in [3.8, 4) is 5.69 Å². The Morgan fingerprint density at radius 2 is 1.59 bits per heavy atom. The Hall–Kier alpha value is -3.74. The minimum Gasteiger partial charge on any atom is -0.310 e. The van der Waals surface area contributed by atoms with Crippen molar-refractivity contribution >= 4 is 23.1 Å². The summed E-state index contributed by atoms with van der Waals surface area (Å²) in [5.74, 6) is -0.678. The molecule has 2 aromatic carbocycles. The molecular weight excluding hydrogens is 344 g/mol. The number of hydrogen-bond acceptors (Lipinski definition) is 5. The Labute approximate surface area is 154 Å². The lowest BCUT2D eigenvalue weighted by Gasteiger charge is -2.07. The van der Waals surface area contributed by atoms with Crippen LogP contribution in [0.3, 0.4) is 0 Å². The molecule has 0 atom stereocenters. The van der Waals surface area contributed by atoms with Crippen LogP contribution in [0.1, 0.15) is 11.3 Å². The summed E-state index contributed by atoms with van der Waals surface area (Å²) in [5.41, 5.74) is 2.23. The Morgan fingerprint density at radius 3 is 2.26 bits per heavy atom. The minimum absolute atomic E-state index is 0.0206. The first-order valence-corrected chi connectivity index (χ1v) is 8.36. The van der Waals surface area contributed by atoms with E-state index in [1.54, 1.807) is 30.8 Å². The highest BCUT2D eigenvalue weighted by Crippen LogP contribution is 2.20. The summed E-state index contributed by atoms with van der Waals surface area (Å²) in [6, 6.07) is 18.4. The number of rotatable bonds is 3. The fourth-order valence-electron chi connectivity index (χ4n) is 2.95. The van der Waals surface area contributed by atoms with Gasteiger partial charge in [0.25, 0.3) is 5.56 Å². The average molecular weight is 360 g/mol. The molecule has 0 unspecified atom stereocenters. The number of carbonyl (C=O) groups is 1. The fraction of sp³-hybridized carbons (Fsp3) is 0.100. The van der Waals surface area contributed by atoms with Crippen LogP contribution in [0, 0.1) is 6.92 Å². The molecule has 2 heterocycles. The van der Waals surface area contributed by atoms with E-state index in [9.17, 15) is 9.59 Å². The molecule has 27 heavy (non-hydrogen) atoms. The minimum atomic E-state index is -0.678. The van der Waals surface area contributed by atoms with Crippen LogP contribution in [0.2, 0.25) is 0 Å². The zero-order valence-corrected chi connectivity index (χ0v) is 14.8. The van der Waals surface area contributed by atoms with Crippen molar-refractivity contribution in [3.63, 3.8) is 0 Å². The average Bonchev–Trinajstić information content (AvgIpc) is 3.16. The second-order valence-corrected chi connectivity index (χ2v) is 6.06. The molecule has 1 aliphatic rings. The monoisotopic (exact) mass is 360 g/mol. The number of para-hydroxylation sites is 1. The number of aromatic nitrogens is 2. The van der Waals surface area contributed by atoms with Gasteiger partial charge in [-0.3, -0.25) is 9.48 Å². The molecule has 7 nitrogen and oxygen atoms in total. The quantitative estimate of drug-likeness (QED) is 0.673. The first-order valence-electron chi connectivity index (χ1n) is 8.36. The largest absolute Gasteiger partial charge is 0.386 e.